The van der Waals surface area contributed by atoms with E-state index in [2.05, 4.69) is 20.6 Å². The second-order valence-corrected chi connectivity index (χ2v) is 7.31. The van der Waals surface area contributed by atoms with Crippen molar-refractivity contribution in [3.8, 4) is 11.5 Å². The van der Waals surface area contributed by atoms with Crippen LogP contribution in [0.25, 0.3) is 11.0 Å². The third-order valence-corrected chi connectivity index (χ3v) is 4.67. The van der Waals surface area contributed by atoms with E-state index < -0.39 is 6.04 Å². The highest BCUT2D eigenvalue weighted by atomic mass is 16.5. The van der Waals surface area contributed by atoms with Gasteiger partial charge in [-0.3, -0.25) is 14.9 Å². The number of anilines is 1. The zero-order valence-corrected chi connectivity index (χ0v) is 18.2. The molecule has 1 atom stereocenters. The zero-order chi connectivity index (χ0) is 22.4. The maximum absolute atomic E-state index is 12.9. The lowest BCUT2D eigenvalue weighted by atomic mass is 10.0. The number of nitrogens with one attached hydrogen (secondary N) is 3. The number of carbonyl (C=O) groups is 2. The molecule has 0 radical (unpaired) electrons. The minimum Gasteiger partial charge on any atom is -0.490 e. The molecule has 0 aliphatic rings. The molecule has 164 valence electrons. The van der Waals surface area contributed by atoms with E-state index in [0.29, 0.717) is 36.2 Å². The topological polar surface area (TPSA) is 105 Å². The van der Waals surface area contributed by atoms with Gasteiger partial charge in [0.1, 0.15) is 6.04 Å². The Morgan fingerprint density at radius 3 is 2.42 bits per heavy atom. The molecule has 1 aromatic heterocycles. The van der Waals surface area contributed by atoms with E-state index in [1.165, 1.54) is 0 Å². The van der Waals surface area contributed by atoms with Gasteiger partial charge < -0.3 is 19.8 Å². The van der Waals surface area contributed by atoms with Crippen molar-refractivity contribution in [3.63, 3.8) is 0 Å². The van der Waals surface area contributed by atoms with Crippen molar-refractivity contribution in [1.29, 1.82) is 0 Å². The minimum atomic E-state index is -0.747. The van der Waals surface area contributed by atoms with Crippen LogP contribution < -0.4 is 20.1 Å². The molecule has 0 saturated carbocycles. The molecule has 0 fully saturated rings. The van der Waals surface area contributed by atoms with Crippen molar-refractivity contribution in [1.82, 2.24) is 15.3 Å². The van der Waals surface area contributed by atoms with Crippen LogP contribution in [0.1, 0.15) is 38.1 Å². The Hall–Kier alpha value is -3.55. The third-order valence-electron chi connectivity index (χ3n) is 4.67. The molecule has 1 heterocycles. The number of aromatic nitrogens is 2. The Kier molecular flexibility index (Phi) is 7.12. The highest BCUT2D eigenvalue weighted by Crippen LogP contribution is 2.28. The van der Waals surface area contributed by atoms with Crippen LogP contribution in [0.3, 0.4) is 0 Å². The summed E-state index contributed by atoms with van der Waals surface area (Å²) in [5.74, 6) is 0.544. The van der Waals surface area contributed by atoms with E-state index in [-0.39, 0.29) is 17.7 Å². The van der Waals surface area contributed by atoms with Crippen LogP contribution in [0.2, 0.25) is 0 Å². The van der Waals surface area contributed by atoms with Crippen LogP contribution in [0.4, 0.5) is 5.95 Å². The lowest BCUT2D eigenvalue weighted by Crippen LogP contribution is -2.47. The van der Waals surface area contributed by atoms with Crippen LogP contribution in [0.15, 0.2) is 42.5 Å². The quantitative estimate of drug-likeness (QED) is 0.485. The maximum atomic E-state index is 12.9. The van der Waals surface area contributed by atoms with Gasteiger partial charge in [-0.05, 0) is 50.1 Å². The lowest BCUT2D eigenvalue weighted by molar-refractivity contribution is -0.118. The summed E-state index contributed by atoms with van der Waals surface area (Å²) in [4.78, 5) is 33.2. The maximum Gasteiger partial charge on any atom is 0.252 e. The molecule has 3 N–H and O–H groups in total. The van der Waals surface area contributed by atoms with Crippen molar-refractivity contribution in [2.45, 2.75) is 33.7 Å². The fourth-order valence-electron chi connectivity index (χ4n) is 3.16. The van der Waals surface area contributed by atoms with Gasteiger partial charge in [-0.1, -0.05) is 26.0 Å². The average Bonchev–Trinajstić information content (AvgIpc) is 3.15. The monoisotopic (exact) mass is 424 g/mol. The Balaban J connectivity index is 1.74. The lowest BCUT2D eigenvalue weighted by Gasteiger charge is -2.21. The first-order chi connectivity index (χ1) is 14.9. The van der Waals surface area contributed by atoms with Gasteiger partial charge in [0.25, 0.3) is 5.91 Å². The number of aromatic amines is 1. The highest BCUT2D eigenvalue weighted by molar-refractivity contribution is 6.01. The number of ether oxygens (including phenoxy) is 2. The number of hydrogen-bond acceptors (Lipinski definition) is 5. The number of carbonyl (C=O) groups excluding carboxylic acids is 2. The van der Waals surface area contributed by atoms with Crippen molar-refractivity contribution in [2.24, 2.45) is 5.92 Å². The molecule has 8 heteroatoms. The molecule has 0 unspecified atom stereocenters. The number of imidazole rings is 1. The number of para-hydroxylation sites is 2. The standard InChI is InChI=1S/C23H28N4O4/c1-5-30-18-12-11-15(13-19(18)31-6-2)21(28)26-20(14(3)4)22(29)27-23-24-16-9-7-8-10-17(16)25-23/h7-14,20H,5-6H2,1-4H3,(H,26,28)(H2,24,25,27,29)/t20-/m0/s1. The molecular formula is C23H28N4O4. The molecule has 31 heavy (non-hydrogen) atoms. The highest BCUT2D eigenvalue weighted by Gasteiger charge is 2.26. The molecule has 3 rings (SSSR count). The minimum absolute atomic E-state index is 0.137. The van der Waals surface area contributed by atoms with Gasteiger partial charge in [-0.15, -0.1) is 0 Å². The summed E-state index contributed by atoms with van der Waals surface area (Å²) in [7, 11) is 0. The van der Waals surface area contributed by atoms with Crippen molar-refractivity contribution in [3.05, 3.63) is 48.0 Å². The zero-order valence-electron chi connectivity index (χ0n) is 18.2. The smallest absolute Gasteiger partial charge is 0.252 e. The second-order valence-electron chi connectivity index (χ2n) is 7.31. The predicted molar refractivity (Wildman–Crippen MR) is 120 cm³/mol. The van der Waals surface area contributed by atoms with Crippen molar-refractivity contribution >= 4 is 28.8 Å². The molecule has 3 aromatic rings. The number of amides is 2. The fraction of sp³-hybridized carbons (Fsp3) is 0.348. The van der Waals surface area contributed by atoms with Crippen molar-refractivity contribution < 1.29 is 19.1 Å². The summed E-state index contributed by atoms with van der Waals surface area (Å²) in [5, 5.41) is 5.58. The Morgan fingerprint density at radius 1 is 1.03 bits per heavy atom. The Labute approximate surface area is 181 Å². The largest absolute Gasteiger partial charge is 0.490 e. The molecule has 0 aliphatic heterocycles. The third kappa shape index (κ3) is 5.33. The van der Waals surface area contributed by atoms with E-state index in [4.69, 9.17) is 9.47 Å². The molecule has 0 aliphatic carbocycles. The van der Waals surface area contributed by atoms with Crippen LogP contribution in [0, 0.1) is 5.92 Å². The van der Waals surface area contributed by atoms with Crippen LogP contribution in [0.5, 0.6) is 11.5 Å². The van der Waals surface area contributed by atoms with Crippen LogP contribution >= 0.6 is 0 Å². The molecule has 0 bridgehead atoms. The number of rotatable bonds is 9. The number of H-pyrrole nitrogens is 1. The van der Waals surface area contributed by atoms with Crippen LogP contribution in [-0.2, 0) is 4.79 Å². The summed E-state index contributed by atoms with van der Waals surface area (Å²) in [5.41, 5.74) is 1.95. The van der Waals surface area contributed by atoms with Gasteiger partial charge in [-0.25, -0.2) is 4.98 Å². The van der Waals surface area contributed by atoms with E-state index in [1.807, 2.05) is 52.0 Å². The van der Waals surface area contributed by atoms with Gasteiger partial charge in [0.05, 0.1) is 24.2 Å². The normalized spacial score (nSPS) is 11.9. The van der Waals surface area contributed by atoms with E-state index in [1.54, 1.807) is 18.2 Å². The van der Waals surface area contributed by atoms with Gasteiger partial charge in [0.2, 0.25) is 11.9 Å². The van der Waals surface area contributed by atoms with E-state index in [9.17, 15) is 9.59 Å². The second kappa shape index (κ2) is 9.97. The molecular weight excluding hydrogens is 396 g/mol. The summed E-state index contributed by atoms with van der Waals surface area (Å²) < 4.78 is 11.1. The summed E-state index contributed by atoms with van der Waals surface area (Å²) in [6, 6.07) is 11.7. The molecule has 0 spiro atoms. The summed E-state index contributed by atoms with van der Waals surface area (Å²) in [6.07, 6.45) is 0. The molecule has 0 saturated heterocycles. The first-order valence-corrected chi connectivity index (χ1v) is 10.4. The fourth-order valence-corrected chi connectivity index (χ4v) is 3.16. The van der Waals surface area contributed by atoms with Crippen LogP contribution in [-0.4, -0.2) is 41.0 Å². The Bertz CT molecular complexity index is 1030. The first-order valence-electron chi connectivity index (χ1n) is 10.4. The average molecular weight is 425 g/mol. The van der Waals surface area contributed by atoms with E-state index in [0.717, 1.165) is 11.0 Å². The van der Waals surface area contributed by atoms with E-state index >= 15 is 0 Å². The Morgan fingerprint density at radius 2 is 1.74 bits per heavy atom. The SMILES string of the molecule is CCOc1ccc(C(=O)N[C@H](C(=O)Nc2nc3ccccc3[nH]2)C(C)C)cc1OCC. The molecule has 8 nitrogen and oxygen atoms in total. The summed E-state index contributed by atoms with van der Waals surface area (Å²) in [6.45, 7) is 8.41. The number of benzene rings is 2. The van der Waals surface area contributed by atoms with Gasteiger partial charge in [0, 0.05) is 5.56 Å². The van der Waals surface area contributed by atoms with Crippen molar-refractivity contribution in [2.75, 3.05) is 18.5 Å². The molecule has 2 amide bonds. The van der Waals surface area contributed by atoms with Gasteiger partial charge in [-0.2, -0.15) is 0 Å². The molecule has 2 aromatic carbocycles. The predicted octanol–water partition coefficient (Wildman–Crippen LogP) is 3.75. The van der Waals surface area contributed by atoms with Gasteiger partial charge in [0.15, 0.2) is 11.5 Å². The number of nitrogens with zero attached hydrogens (tertiary/aromatic N) is 1. The number of fused-ring (bicyclic) bond motifs is 1. The van der Waals surface area contributed by atoms with Gasteiger partial charge >= 0.3 is 0 Å². The summed E-state index contributed by atoms with van der Waals surface area (Å²) >= 11 is 0. The number of hydrogen-bond donors (Lipinski definition) is 3. The first kappa shape index (κ1) is 22.1.